The Morgan fingerprint density at radius 3 is 2.27 bits per heavy atom. The molecule has 0 bridgehead atoms. The van der Waals surface area contributed by atoms with Crippen molar-refractivity contribution in [3.8, 4) is 22.1 Å². The van der Waals surface area contributed by atoms with Gasteiger partial charge < -0.3 is 9.64 Å². The Morgan fingerprint density at radius 1 is 1.00 bits per heavy atom. The third-order valence-corrected chi connectivity index (χ3v) is 7.57. The first kappa shape index (κ1) is 27.1. The van der Waals surface area contributed by atoms with E-state index in [4.69, 9.17) is 4.74 Å². The lowest BCUT2D eigenvalue weighted by atomic mass is 10.1. The molecule has 0 aliphatic heterocycles. The van der Waals surface area contributed by atoms with E-state index < -0.39 is 29.4 Å². The van der Waals surface area contributed by atoms with Crippen LogP contribution in [0.2, 0.25) is 0 Å². The van der Waals surface area contributed by atoms with Gasteiger partial charge >= 0.3 is 5.69 Å². The molecule has 0 aliphatic carbocycles. The number of hydrogen-bond acceptors (Lipinski definition) is 9. The predicted octanol–water partition coefficient (Wildman–Crippen LogP) is 3.87. The van der Waals surface area contributed by atoms with Crippen LogP contribution in [0.1, 0.15) is 11.1 Å². The standard InChI is InChI=1S/C27H24F2N6O4S/c1-33(2)13-18-23-25(36)35(21-11-12-22(39-3)31-30-21)27(37)34(14-17-19(28)5-4-6-20(17)29)26(23)40-24(18)15-7-9-16(32-38)10-8-15/h4-12,32,38H,13-14H2,1-3H3. The fourth-order valence-corrected chi connectivity index (χ4v) is 5.69. The van der Waals surface area contributed by atoms with Gasteiger partial charge in [-0.2, -0.15) is 0 Å². The summed E-state index contributed by atoms with van der Waals surface area (Å²) < 4.78 is 36.6. The van der Waals surface area contributed by atoms with Crippen molar-refractivity contribution >= 4 is 27.2 Å². The van der Waals surface area contributed by atoms with Crippen molar-refractivity contribution in [3.05, 3.63) is 98.2 Å². The van der Waals surface area contributed by atoms with Crippen LogP contribution in [0.3, 0.4) is 0 Å². The molecule has 3 aromatic heterocycles. The van der Waals surface area contributed by atoms with Gasteiger partial charge in [-0.3, -0.25) is 20.0 Å². The molecule has 0 spiro atoms. The second kappa shape index (κ2) is 11.0. The van der Waals surface area contributed by atoms with E-state index in [0.29, 0.717) is 22.7 Å². The minimum absolute atomic E-state index is 0.0672. The number of methoxy groups -OCH3 is 1. The second-order valence-electron chi connectivity index (χ2n) is 9.16. The van der Waals surface area contributed by atoms with Gasteiger partial charge in [0.15, 0.2) is 5.82 Å². The third-order valence-electron chi connectivity index (χ3n) is 6.27. The second-order valence-corrected chi connectivity index (χ2v) is 10.2. The Hall–Kier alpha value is -4.46. The van der Waals surface area contributed by atoms with E-state index in [2.05, 4.69) is 15.7 Å². The van der Waals surface area contributed by atoms with E-state index in [1.54, 1.807) is 24.3 Å². The number of anilines is 1. The molecule has 0 unspecified atom stereocenters. The van der Waals surface area contributed by atoms with Crippen LogP contribution in [0.15, 0.2) is 64.2 Å². The highest BCUT2D eigenvalue weighted by Crippen LogP contribution is 2.38. The summed E-state index contributed by atoms with van der Waals surface area (Å²) in [7, 11) is 5.08. The normalized spacial score (nSPS) is 11.4. The lowest BCUT2D eigenvalue weighted by molar-refractivity contribution is 0.389. The number of ether oxygens (including phenoxy) is 1. The summed E-state index contributed by atoms with van der Waals surface area (Å²) >= 11 is 1.17. The number of benzene rings is 2. The monoisotopic (exact) mass is 566 g/mol. The van der Waals surface area contributed by atoms with Crippen LogP contribution in [0.25, 0.3) is 26.5 Å². The van der Waals surface area contributed by atoms with Gasteiger partial charge in [0.1, 0.15) is 16.5 Å². The highest BCUT2D eigenvalue weighted by molar-refractivity contribution is 7.22. The first-order valence-corrected chi connectivity index (χ1v) is 12.8. The zero-order valence-electron chi connectivity index (χ0n) is 21.7. The molecule has 0 fully saturated rings. The molecule has 0 aliphatic rings. The van der Waals surface area contributed by atoms with Crippen LogP contribution < -0.4 is 21.5 Å². The van der Waals surface area contributed by atoms with Crippen molar-refractivity contribution in [3.63, 3.8) is 0 Å². The maximum Gasteiger partial charge on any atom is 0.338 e. The van der Waals surface area contributed by atoms with Gasteiger partial charge in [0, 0.05) is 23.1 Å². The van der Waals surface area contributed by atoms with Crippen LogP contribution in [0, 0.1) is 11.6 Å². The topological polar surface area (TPSA) is 115 Å². The Morgan fingerprint density at radius 2 is 1.70 bits per heavy atom. The Labute approximate surface area is 230 Å². The fraction of sp³-hybridized carbons (Fsp3) is 0.185. The maximum absolute atomic E-state index is 14.8. The number of thiophene rings is 1. The van der Waals surface area contributed by atoms with Gasteiger partial charge in [0.05, 0.1) is 24.7 Å². The van der Waals surface area contributed by atoms with Gasteiger partial charge in [-0.25, -0.2) is 18.1 Å². The molecule has 13 heteroatoms. The van der Waals surface area contributed by atoms with E-state index in [1.165, 1.54) is 41.2 Å². The molecular formula is C27H24F2N6O4S. The smallest absolute Gasteiger partial charge is 0.338 e. The van der Waals surface area contributed by atoms with E-state index in [-0.39, 0.29) is 27.5 Å². The Balaban J connectivity index is 1.88. The van der Waals surface area contributed by atoms with Crippen LogP contribution in [0.5, 0.6) is 5.88 Å². The SMILES string of the molecule is COc1ccc(-n2c(=O)c3c(CN(C)C)c(-c4ccc(NO)cc4)sc3n(Cc3c(F)cccc3F)c2=O)nn1. The highest BCUT2D eigenvalue weighted by atomic mass is 32.1. The lowest BCUT2D eigenvalue weighted by Gasteiger charge is -2.14. The molecule has 5 aromatic rings. The van der Waals surface area contributed by atoms with Crippen molar-refractivity contribution in [1.82, 2.24) is 24.2 Å². The van der Waals surface area contributed by atoms with Crippen LogP contribution >= 0.6 is 11.3 Å². The van der Waals surface area contributed by atoms with Gasteiger partial charge in [-0.15, -0.1) is 21.5 Å². The number of fused-ring (bicyclic) bond motifs is 1. The molecule has 0 radical (unpaired) electrons. The number of hydrogen-bond donors (Lipinski definition) is 2. The summed E-state index contributed by atoms with van der Waals surface area (Å²) in [6, 6.07) is 13.2. The first-order chi connectivity index (χ1) is 19.2. The molecule has 0 saturated carbocycles. The minimum atomic E-state index is -0.830. The van der Waals surface area contributed by atoms with Crippen molar-refractivity contribution in [2.24, 2.45) is 0 Å². The quantitative estimate of drug-likeness (QED) is 0.272. The van der Waals surface area contributed by atoms with Crippen molar-refractivity contribution in [1.29, 1.82) is 0 Å². The average Bonchev–Trinajstić information content (AvgIpc) is 3.31. The molecule has 2 N–H and O–H groups in total. The van der Waals surface area contributed by atoms with E-state index in [9.17, 15) is 23.6 Å². The minimum Gasteiger partial charge on any atom is -0.480 e. The van der Waals surface area contributed by atoms with Gasteiger partial charge in [0.2, 0.25) is 5.88 Å². The van der Waals surface area contributed by atoms with E-state index in [1.807, 2.05) is 19.0 Å². The molecule has 0 atom stereocenters. The van der Waals surface area contributed by atoms with Crippen LogP contribution in [-0.2, 0) is 13.1 Å². The molecular weight excluding hydrogens is 542 g/mol. The summed E-state index contributed by atoms with van der Waals surface area (Å²) in [6.07, 6.45) is 0. The molecule has 0 saturated heterocycles. The summed E-state index contributed by atoms with van der Waals surface area (Å²) in [4.78, 5) is 30.7. The van der Waals surface area contributed by atoms with E-state index >= 15 is 0 Å². The fourth-order valence-electron chi connectivity index (χ4n) is 4.39. The van der Waals surface area contributed by atoms with Crippen LogP contribution in [-0.4, -0.2) is 50.6 Å². The summed E-state index contributed by atoms with van der Waals surface area (Å²) in [6.45, 7) is -0.141. The zero-order chi connectivity index (χ0) is 28.6. The summed E-state index contributed by atoms with van der Waals surface area (Å²) in [5, 5.41) is 17.3. The highest BCUT2D eigenvalue weighted by Gasteiger charge is 2.25. The number of nitrogens with zero attached hydrogens (tertiary/aromatic N) is 5. The van der Waals surface area contributed by atoms with Crippen molar-refractivity contribution < 1.29 is 18.7 Å². The predicted molar refractivity (Wildman–Crippen MR) is 148 cm³/mol. The number of aromatic nitrogens is 4. The van der Waals surface area contributed by atoms with Gasteiger partial charge in [-0.1, -0.05) is 18.2 Å². The first-order valence-electron chi connectivity index (χ1n) is 12.0. The largest absolute Gasteiger partial charge is 0.480 e. The summed E-state index contributed by atoms with van der Waals surface area (Å²) in [5.41, 5.74) is 2.10. The Kier molecular flexibility index (Phi) is 7.43. The van der Waals surface area contributed by atoms with Gasteiger partial charge in [0.25, 0.3) is 5.56 Å². The third kappa shape index (κ3) is 4.85. The maximum atomic E-state index is 14.8. The molecule has 0 amide bonds. The molecule has 206 valence electrons. The number of nitrogens with one attached hydrogen (secondary N) is 1. The molecule has 3 heterocycles. The van der Waals surface area contributed by atoms with E-state index in [0.717, 1.165) is 22.3 Å². The van der Waals surface area contributed by atoms with Crippen molar-refractivity contribution in [2.45, 2.75) is 13.1 Å². The molecule has 5 rings (SSSR count). The molecule has 10 nitrogen and oxygen atoms in total. The summed E-state index contributed by atoms with van der Waals surface area (Å²) in [5.74, 6) is -1.53. The van der Waals surface area contributed by atoms with Crippen molar-refractivity contribution in [2.75, 3.05) is 26.7 Å². The Bertz CT molecular complexity index is 1800. The number of rotatable bonds is 8. The molecule has 40 heavy (non-hydrogen) atoms. The lowest BCUT2D eigenvalue weighted by Crippen LogP contribution is -2.39. The van der Waals surface area contributed by atoms with Gasteiger partial charge in [-0.05, 0) is 55.6 Å². The van der Waals surface area contributed by atoms with Crippen LogP contribution in [0.4, 0.5) is 14.5 Å². The zero-order valence-corrected chi connectivity index (χ0v) is 22.5. The number of halogens is 2. The molecule has 2 aromatic carbocycles. The average molecular weight is 567 g/mol.